The van der Waals surface area contributed by atoms with E-state index in [-0.39, 0.29) is 131 Å². The molecule has 4 aliphatic rings. The number of H-pyrrole nitrogens is 1. The number of carbonyl (C=O) groups excluding carboxylic acids is 7. The number of nitrogens with zero attached hydrogens (tertiary/aromatic N) is 7. The lowest BCUT2D eigenvalue weighted by Gasteiger charge is -2.27. The van der Waals surface area contributed by atoms with E-state index in [4.69, 9.17) is 82.0 Å². The number of imidazole rings is 1. The maximum absolute atomic E-state index is 14.5. The minimum atomic E-state index is -4.35. The van der Waals surface area contributed by atoms with Crippen LogP contribution in [0.25, 0.3) is 11.2 Å². The predicted octanol–water partition coefficient (Wildman–Crippen LogP) is 4.71. The number of rotatable bonds is 45. The first-order valence-corrected chi connectivity index (χ1v) is 42.6. The largest absolute Gasteiger partial charge is 0.474 e. The lowest BCUT2D eigenvalue weighted by molar-refractivity contribution is -0.137. The summed E-state index contributed by atoms with van der Waals surface area (Å²) < 4.78 is 101. The van der Waals surface area contributed by atoms with Crippen LogP contribution in [0.2, 0.25) is 0 Å². The van der Waals surface area contributed by atoms with E-state index in [1.807, 2.05) is 0 Å². The average Bonchev–Trinajstić information content (AvgIpc) is 1.60. The molecule has 2 saturated heterocycles. The Morgan fingerprint density at radius 1 is 0.763 bits per heavy atom. The van der Waals surface area contributed by atoms with Crippen molar-refractivity contribution < 1.29 is 118 Å². The minimum Gasteiger partial charge on any atom is -0.474 e. The summed E-state index contributed by atoms with van der Waals surface area (Å²) in [6, 6.07) is 12.4. The standard InChI is InChI=1S/C72H100N12O26P2S2/c1-47(2)61(78-57(85)12-6-5-9-22-83-59(86)17-18-60(83)87)68(91)76-48(3)66(89)77-52-15-13-49(14-16-52)43-104-72(93)82(23-25-97-28-29-99-32-33-101-36-37-103-39-38-102-35-34-100-31-30-98-27-26-96-4)42-51-10-7-8-11-54(51)67(90)80-71-79-65-62(69(92)81-71)75-46-84(65)70-64-63(88)56(108-70)44-106-112(95,114)109-55-41-53(107-58-19-21-73-45-74-58)40-50(55)20-24-105-111(94,113)110-64/h7-8,10-11,13-19,21,45-48,50,53,55-56,61,63-64,70,88H,5-6,9,12,20,22-44H2,1-4H3,(H,76,91)(H,77,89)(H,78,85)(H,94,113)(H,95,114)(H2,79,80,81,90,92)/t48-,50-,53+,55-,56+,61-,63+,64+,70+,111?,112?/m0/s1. The van der Waals surface area contributed by atoms with Crippen molar-refractivity contribution in [3.63, 3.8) is 0 Å². The number of aromatic amines is 1. The summed E-state index contributed by atoms with van der Waals surface area (Å²) in [4.78, 5) is 139. The molecule has 7 N–H and O–H groups in total. The molecule has 42 heteroatoms. The van der Waals surface area contributed by atoms with Gasteiger partial charge in [0, 0.05) is 75.3 Å². The fourth-order valence-electron chi connectivity index (χ4n) is 12.3. The summed E-state index contributed by atoms with van der Waals surface area (Å²) in [5.41, 5.74) is -0.0293. The van der Waals surface area contributed by atoms with Gasteiger partial charge in [-0.2, -0.15) is 4.98 Å². The Balaban J connectivity index is 0.792. The molecule has 3 fully saturated rings. The molecule has 1 aliphatic carbocycles. The number of amides is 7. The Bertz CT molecular complexity index is 4120. The first-order chi connectivity index (χ1) is 54.9. The van der Waals surface area contributed by atoms with Gasteiger partial charge in [0.05, 0.1) is 125 Å². The molecule has 2 aromatic carbocycles. The molecule has 3 aromatic heterocycles. The molecule has 2 unspecified atom stereocenters. The van der Waals surface area contributed by atoms with Crippen LogP contribution in [0.1, 0.15) is 93.4 Å². The highest BCUT2D eigenvalue weighted by Gasteiger charge is 2.51. The normalized spacial score (nSPS) is 22.3. The smallest absolute Gasteiger partial charge is 0.410 e. The van der Waals surface area contributed by atoms with Crippen LogP contribution in [0.5, 0.6) is 5.88 Å². The molecule has 114 heavy (non-hydrogen) atoms. The van der Waals surface area contributed by atoms with Crippen molar-refractivity contribution in [3.8, 4) is 5.88 Å². The van der Waals surface area contributed by atoms with Crippen LogP contribution >= 0.6 is 25.8 Å². The molecule has 6 heterocycles. The van der Waals surface area contributed by atoms with Gasteiger partial charge in [-0.3, -0.25) is 57.9 Å². The molecule has 1 saturated carbocycles. The fourth-order valence-corrected chi connectivity index (χ4v) is 15.3. The van der Waals surface area contributed by atoms with Gasteiger partial charge in [0.15, 0.2) is 17.4 Å². The van der Waals surface area contributed by atoms with Crippen molar-refractivity contribution in [2.45, 2.75) is 128 Å². The second-order valence-electron chi connectivity index (χ2n) is 26.9. The van der Waals surface area contributed by atoms with Crippen molar-refractivity contribution in [1.82, 2.24) is 49.9 Å². The Morgan fingerprint density at radius 3 is 2.05 bits per heavy atom. The molecule has 11 atom stereocenters. The molecule has 2 bridgehead atoms. The quantitative estimate of drug-likeness (QED) is 0.0113. The summed E-state index contributed by atoms with van der Waals surface area (Å²) in [7, 11) is 1.61. The number of aliphatic hydroxyl groups excluding tert-OH is 1. The van der Waals surface area contributed by atoms with Gasteiger partial charge >= 0.3 is 19.6 Å². The number of aromatic nitrogens is 6. The third-order valence-electron chi connectivity index (χ3n) is 18.2. The zero-order chi connectivity index (χ0) is 81.4. The summed E-state index contributed by atoms with van der Waals surface area (Å²) in [6.07, 6.45) is 0.988. The first-order valence-electron chi connectivity index (χ1n) is 37.4. The molecule has 5 aromatic rings. The van der Waals surface area contributed by atoms with E-state index in [1.165, 1.54) is 47.1 Å². The zero-order valence-electron chi connectivity index (χ0n) is 63.7. The van der Waals surface area contributed by atoms with Gasteiger partial charge in [-0.1, -0.05) is 62.8 Å². The van der Waals surface area contributed by atoms with E-state index in [9.17, 15) is 52.9 Å². The minimum absolute atomic E-state index is 0.00845. The van der Waals surface area contributed by atoms with Gasteiger partial charge in [0.2, 0.25) is 29.5 Å². The maximum atomic E-state index is 14.5. The summed E-state index contributed by atoms with van der Waals surface area (Å²) in [5.74, 6) is -3.74. The van der Waals surface area contributed by atoms with Gasteiger partial charge < -0.3 is 96.5 Å². The van der Waals surface area contributed by atoms with E-state index in [0.29, 0.717) is 121 Å². The van der Waals surface area contributed by atoms with E-state index in [0.717, 1.165) is 11.2 Å². The Morgan fingerprint density at radius 2 is 1.41 bits per heavy atom. The van der Waals surface area contributed by atoms with Gasteiger partial charge in [0.1, 0.15) is 49.4 Å². The Labute approximate surface area is 668 Å². The summed E-state index contributed by atoms with van der Waals surface area (Å²) >= 11 is 9.73. The number of ether oxygens (including phenoxy) is 11. The van der Waals surface area contributed by atoms with Crippen LogP contribution in [0.15, 0.2) is 90.4 Å². The predicted molar refractivity (Wildman–Crippen MR) is 413 cm³/mol. The van der Waals surface area contributed by atoms with Crippen LogP contribution in [-0.4, -0.2) is 266 Å². The van der Waals surface area contributed by atoms with Crippen LogP contribution in [0.3, 0.4) is 0 Å². The number of methoxy groups -OCH3 is 1. The molecule has 7 amide bonds. The molecule has 9 rings (SSSR count). The van der Waals surface area contributed by atoms with E-state index < -0.39 is 98.3 Å². The number of benzene rings is 2. The monoisotopic (exact) mass is 1670 g/mol. The van der Waals surface area contributed by atoms with Crippen molar-refractivity contribution in [2.75, 3.05) is 143 Å². The maximum Gasteiger partial charge on any atom is 0.410 e. The van der Waals surface area contributed by atoms with E-state index >= 15 is 0 Å². The van der Waals surface area contributed by atoms with Crippen molar-refractivity contribution in [3.05, 3.63) is 113 Å². The van der Waals surface area contributed by atoms with Crippen LogP contribution in [0, 0.1) is 11.8 Å². The molecule has 38 nitrogen and oxygen atoms in total. The number of carbonyl (C=O) groups is 7. The molecular weight excluding hydrogens is 1570 g/mol. The van der Waals surface area contributed by atoms with Gasteiger partial charge in [-0.25, -0.2) is 24.3 Å². The molecule has 0 radical (unpaired) electrons. The topological polar surface area (TPSA) is 459 Å². The number of fused-ring (bicyclic) bond motifs is 4. The van der Waals surface area contributed by atoms with Crippen LogP contribution in [-0.2, 0) is 119 Å². The lowest BCUT2D eigenvalue weighted by Crippen LogP contribution is -2.53. The van der Waals surface area contributed by atoms with Gasteiger partial charge in [-0.15, -0.1) is 0 Å². The Kier molecular flexibility index (Phi) is 36.7. The highest BCUT2D eigenvalue weighted by molar-refractivity contribution is 8.44. The van der Waals surface area contributed by atoms with Crippen LogP contribution in [0.4, 0.5) is 16.4 Å². The summed E-state index contributed by atoms with van der Waals surface area (Å²) in [6.45, 7) is 0.798. The summed E-state index contributed by atoms with van der Waals surface area (Å²) in [5, 5.41) is 22.6. The number of imide groups is 1. The van der Waals surface area contributed by atoms with Crippen molar-refractivity contribution >= 4 is 102 Å². The van der Waals surface area contributed by atoms with Crippen molar-refractivity contribution in [2.24, 2.45) is 11.8 Å². The Hall–Kier alpha value is -7.67. The van der Waals surface area contributed by atoms with Gasteiger partial charge in [-0.05, 0) is 85.6 Å². The third kappa shape index (κ3) is 28.9. The second kappa shape index (κ2) is 46.3. The molecule has 626 valence electrons. The van der Waals surface area contributed by atoms with Crippen LogP contribution < -0.4 is 31.6 Å². The van der Waals surface area contributed by atoms with E-state index in [2.05, 4.69) is 58.4 Å². The second-order valence-corrected chi connectivity index (χ2v) is 32.6. The highest BCUT2D eigenvalue weighted by atomic mass is 32.7. The first kappa shape index (κ1) is 90.2. The SMILES string of the molecule is COCCOCCOCCOCCOCCOCCOCCOCCN(Cc1ccccc1C(=O)Nc1nc2c(ncn2[C@@H]2O[C@@H]3COP(O)(=S)O[C@H]4C[C@H](Oc5ccncn5)C[C@@H]4CCOP(=O)(S)O[C@@H]2[C@@H]3O)c(=O)[nH]1)C(=O)OCc1ccc(NC(=O)[C@H](C)NC(=O)[C@@H](NC(=O)CCCCCN2C(=O)C=CC2=O)C(C)C)cc1. The zero-order valence-corrected chi connectivity index (χ0v) is 67.2. The number of aliphatic hydroxyl groups is 1. The molecular formula is C72H100N12O26P2S2. The molecule has 3 aliphatic heterocycles. The van der Waals surface area contributed by atoms with E-state index in [1.54, 1.807) is 69.5 Å². The number of hydrogen-bond acceptors (Lipinski definition) is 30. The number of hydrogen-bond donors (Lipinski definition) is 8. The highest BCUT2D eigenvalue weighted by Crippen LogP contribution is 2.58. The number of anilines is 2. The van der Waals surface area contributed by atoms with Gasteiger partial charge in [0.25, 0.3) is 23.3 Å². The average molecular weight is 1680 g/mol. The third-order valence-corrected chi connectivity index (χ3v) is 21.4. The lowest BCUT2D eigenvalue weighted by atomic mass is 10.0. The number of thiol groups is 1. The number of nitrogens with one attached hydrogen (secondary N) is 5. The number of unbranched alkanes of at least 4 members (excludes halogenated alkanes) is 2. The molecule has 0 spiro atoms. The fraction of sp³-hybridized carbons (Fsp3) is 0.583. The van der Waals surface area contributed by atoms with Crippen molar-refractivity contribution in [1.29, 1.82) is 0 Å².